The van der Waals surface area contributed by atoms with Crippen molar-refractivity contribution in [2.24, 2.45) is 0 Å². The second-order valence-electron chi connectivity index (χ2n) is 6.50. The third-order valence-electron chi connectivity index (χ3n) is 4.92. The van der Waals surface area contributed by atoms with E-state index < -0.39 is 0 Å². The lowest BCUT2D eigenvalue weighted by atomic mass is 10.1. The van der Waals surface area contributed by atoms with Crippen molar-refractivity contribution in [2.75, 3.05) is 36.8 Å². The van der Waals surface area contributed by atoms with Gasteiger partial charge in [-0.2, -0.15) is 0 Å². The van der Waals surface area contributed by atoms with E-state index in [2.05, 4.69) is 11.0 Å². The number of benzene rings is 1. The van der Waals surface area contributed by atoms with Gasteiger partial charge in [0.05, 0.1) is 9.09 Å². The molecule has 7 heteroatoms. The molecule has 0 bridgehead atoms. The van der Waals surface area contributed by atoms with E-state index >= 15 is 0 Å². The van der Waals surface area contributed by atoms with Crippen molar-refractivity contribution >= 4 is 52.1 Å². The molecule has 2 aliphatic rings. The van der Waals surface area contributed by atoms with E-state index in [-0.39, 0.29) is 11.7 Å². The Morgan fingerprint density at radius 2 is 1.96 bits per heavy atom. The summed E-state index contributed by atoms with van der Waals surface area (Å²) in [5, 5.41) is 0.771. The van der Waals surface area contributed by atoms with E-state index in [1.807, 2.05) is 24.0 Å². The molecule has 136 valence electrons. The largest absolute Gasteiger partial charge is 0.368 e. The summed E-state index contributed by atoms with van der Waals surface area (Å²) in [7, 11) is 0. The lowest BCUT2D eigenvalue weighted by Crippen LogP contribution is -2.48. The molecule has 0 N–H and O–H groups in total. The highest BCUT2D eigenvalue weighted by atomic mass is 35.5. The molecular formula is C19H19ClN2O2S2. The van der Waals surface area contributed by atoms with Gasteiger partial charge in [-0.25, -0.2) is 0 Å². The number of rotatable bonds is 2. The summed E-state index contributed by atoms with van der Waals surface area (Å²) in [6.07, 6.45) is 0.569. The number of carbonyl (C=O) groups is 2. The molecule has 26 heavy (non-hydrogen) atoms. The molecular weight excluding hydrogens is 388 g/mol. The predicted molar refractivity (Wildman–Crippen MR) is 108 cm³/mol. The number of nitrogens with zero attached hydrogens (tertiary/aromatic N) is 2. The van der Waals surface area contributed by atoms with Crippen LogP contribution in [0.25, 0.3) is 0 Å². The van der Waals surface area contributed by atoms with Crippen LogP contribution in [-0.2, 0) is 0 Å². The van der Waals surface area contributed by atoms with E-state index in [4.69, 9.17) is 11.6 Å². The topological polar surface area (TPSA) is 40.6 Å². The molecule has 1 aromatic heterocycles. The summed E-state index contributed by atoms with van der Waals surface area (Å²) in [6.45, 7) is 4.94. The third kappa shape index (κ3) is 3.26. The zero-order valence-corrected chi connectivity index (χ0v) is 16.8. The maximum absolute atomic E-state index is 12.9. The van der Waals surface area contributed by atoms with Gasteiger partial charge in [-0.15, -0.1) is 23.1 Å². The van der Waals surface area contributed by atoms with Gasteiger partial charge in [0, 0.05) is 54.6 Å². The number of halogens is 1. The van der Waals surface area contributed by atoms with E-state index in [9.17, 15) is 9.59 Å². The van der Waals surface area contributed by atoms with E-state index in [1.165, 1.54) is 11.3 Å². The van der Waals surface area contributed by atoms with Crippen molar-refractivity contribution in [2.45, 2.75) is 17.6 Å². The molecule has 3 heterocycles. The van der Waals surface area contributed by atoms with Crippen molar-refractivity contribution in [3.63, 3.8) is 0 Å². The first-order valence-corrected chi connectivity index (χ1v) is 10.8. The molecule has 0 saturated carbocycles. The van der Waals surface area contributed by atoms with Gasteiger partial charge in [0.25, 0.3) is 5.91 Å². The number of hydrogen-bond donors (Lipinski definition) is 0. The Balaban J connectivity index is 1.46. The van der Waals surface area contributed by atoms with Crippen LogP contribution in [0.3, 0.4) is 0 Å². The first-order valence-electron chi connectivity index (χ1n) is 8.64. The number of amides is 1. The molecule has 1 aromatic carbocycles. The SMILES string of the molecule is Cc1c(Cl)cccc1N1CCN(C(=O)c2cc3c(s2)SCCC3=O)CC1. The van der Waals surface area contributed by atoms with Gasteiger partial charge in [0.15, 0.2) is 5.78 Å². The summed E-state index contributed by atoms with van der Waals surface area (Å²) in [6, 6.07) is 7.74. The Bertz CT molecular complexity index is 872. The maximum atomic E-state index is 12.9. The van der Waals surface area contributed by atoms with Crippen LogP contribution in [0.2, 0.25) is 5.02 Å². The normalized spacial score (nSPS) is 17.4. The molecule has 0 unspecified atom stereocenters. The highest BCUT2D eigenvalue weighted by Crippen LogP contribution is 2.37. The van der Waals surface area contributed by atoms with Crippen LogP contribution >= 0.6 is 34.7 Å². The summed E-state index contributed by atoms with van der Waals surface area (Å²) in [5.74, 6) is 1.02. The standard InChI is InChI=1S/C19H19ClN2O2S2/c1-12-14(20)3-2-4-15(12)21-6-8-22(9-7-21)18(24)17-11-13-16(23)5-10-25-19(13)26-17/h2-4,11H,5-10H2,1H3. The van der Waals surface area contributed by atoms with Gasteiger partial charge in [-0.1, -0.05) is 17.7 Å². The lowest BCUT2D eigenvalue weighted by molar-refractivity contribution is 0.0751. The number of fused-ring (bicyclic) bond motifs is 1. The van der Waals surface area contributed by atoms with Gasteiger partial charge < -0.3 is 9.80 Å². The molecule has 1 fully saturated rings. The second-order valence-corrected chi connectivity index (χ2v) is 9.32. The smallest absolute Gasteiger partial charge is 0.264 e. The molecule has 0 spiro atoms. The van der Waals surface area contributed by atoms with Crippen LogP contribution in [0.4, 0.5) is 5.69 Å². The quantitative estimate of drug-likeness (QED) is 0.743. The van der Waals surface area contributed by atoms with Crippen molar-refractivity contribution in [1.82, 2.24) is 4.90 Å². The van der Waals surface area contributed by atoms with Crippen LogP contribution < -0.4 is 4.90 Å². The highest BCUT2D eigenvalue weighted by Gasteiger charge is 2.28. The first-order chi connectivity index (χ1) is 12.5. The summed E-state index contributed by atoms with van der Waals surface area (Å²) < 4.78 is 0.998. The average molecular weight is 407 g/mol. The Hall–Kier alpha value is -1.50. The molecule has 0 radical (unpaired) electrons. The van der Waals surface area contributed by atoms with Gasteiger partial charge in [0.2, 0.25) is 0 Å². The molecule has 1 amide bonds. The molecule has 4 nitrogen and oxygen atoms in total. The van der Waals surface area contributed by atoms with Crippen molar-refractivity contribution in [1.29, 1.82) is 0 Å². The molecule has 0 aliphatic carbocycles. The van der Waals surface area contributed by atoms with Crippen molar-refractivity contribution in [3.05, 3.63) is 45.3 Å². The number of thioether (sulfide) groups is 1. The van der Waals surface area contributed by atoms with Crippen LogP contribution in [0.5, 0.6) is 0 Å². The minimum absolute atomic E-state index is 0.0419. The number of thiophene rings is 1. The third-order valence-corrected chi connectivity index (χ3v) is 7.74. The lowest BCUT2D eigenvalue weighted by Gasteiger charge is -2.36. The van der Waals surface area contributed by atoms with Gasteiger partial charge >= 0.3 is 0 Å². The van der Waals surface area contributed by atoms with E-state index in [1.54, 1.807) is 17.8 Å². The Labute approximate surface area is 166 Å². The zero-order chi connectivity index (χ0) is 18.3. The molecule has 2 aliphatic heterocycles. The summed E-state index contributed by atoms with van der Waals surface area (Å²) in [5.41, 5.74) is 2.95. The van der Waals surface area contributed by atoms with Crippen LogP contribution in [-0.4, -0.2) is 48.5 Å². The monoisotopic (exact) mass is 406 g/mol. The fraction of sp³-hybridized carbons (Fsp3) is 0.368. The zero-order valence-electron chi connectivity index (χ0n) is 14.5. The number of hydrogen-bond acceptors (Lipinski definition) is 5. The van der Waals surface area contributed by atoms with Crippen LogP contribution in [0, 0.1) is 6.92 Å². The van der Waals surface area contributed by atoms with Crippen molar-refractivity contribution < 1.29 is 9.59 Å². The van der Waals surface area contributed by atoms with Crippen LogP contribution in [0.1, 0.15) is 32.0 Å². The average Bonchev–Trinajstić information content (AvgIpc) is 3.09. The van der Waals surface area contributed by atoms with Crippen LogP contribution in [0.15, 0.2) is 28.5 Å². The Morgan fingerprint density at radius 3 is 2.69 bits per heavy atom. The predicted octanol–water partition coefficient (Wildman–Crippen LogP) is 4.35. The highest BCUT2D eigenvalue weighted by molar-refractivity contribution is 8.01. The fourth-order valence-corrected chi connectivity index (χ4v) is 6.00. The van der Waals surface area contributed by atoms with Gasteiger partial charge in [-0.3, -0.25) is 9.59 Å². The summed E-state index contributed by atoms with van der Waals surface area (Å²) >= 11 is 9.38. The summed E-state index contributed by atoms with van der Waals surface area (Å²) in [4.78, 5) is 29.7. The Morgan fingerprint density at radius 1 is 1.19 bits per heavy atom. The maximum Gasteiger partial charge on any atom is 0.264 e. The van der Waals surface area contributed by atoms with Crippen molar-refractivity contribution in [3.8, 4) is 0 Å². The molecule has 4 rings (SSSR count). The van der Waals surface area contributed by atoms with Gasteiger partial charge in [0.1, 0.15) is 0 Å². The minimum Gasteiger partial charge on any atom is -0.368 e. The van der Waals surface area contributed by atoms with E-state index in [0.717, 1.165) is 44.9 Å². The van der Waals surface area contributed by atoms with E-state index in [0.29, 0.717) is 24.4 Å². The molecule has 1 saturated heterocycles. The number of Topliss-reactive ketones (excluding diaryl/α,β-unsaturated/α-hetero) is 1. The number of anilines is 1. The number of ketones is 1. The Kier molecular flexibility index (Phi) is 4.99. The fourth-order valence-electron chi connectivity index (χ4n) is 3.40. The molecule has 0 atom stereocenters. The first kappa shape index (κ1) is 17.9. The number of carbonyl (C=O) groups excluding carboxylic acids is 2. The second kappa shape index (κ2) is 7.25. The molecule has 2 aromatic rings. The number of piperazine rings is 1. The van der Waals surface area contributed by atoms with Gasteiger partial charge in [-0.05, 0) is 30.7 Å². The minimum atomic E-state index is 0.0419.